The summed E-state index contributed by atoms with van der Waals surface area (Å²) in [6.07, 6.45) is 15.9. The van der Waals surface area contributed by atoms with Crippen molar-refractivity contribution in [1.29, 1.82) is 0 Å². The highest BCUT2D eigenvalue weighted by molar-refractivity contribution is 6.63. The number of nitrogens with zero attached hydrogens (tertiary/aromatic N) is 1. The van der Waals surface area contributed by atoms with Crippen LogP contribution in [0.4, 0.5) is 0 Å². The summed E-state index contributed by atoms with van der Waals surface area (Å²) >= 11 is 0. The smallest absolute Gasteiger partial charge is 0.361 e. The Kier molecular flexibility index (Phi) is 14.6. The Morgan fingerprint density at radius 1 is 0.739 bits per heavy atom. The highest BCUT2D eigenvalue weighted by Gasteiger charge is 2.19. The van der Waals surface area contributed by atoms with E-state index in [1.54, 1.807) is 0 Å². The van der Waals surface area contributed by atoms with Crippen LogP contribution < -0.4 is 0 Å². The summed E-state index contributed by atoms with van der Waals surface area (Å²) in [7, 11) is 0. The molecule has 0 radical (unpaired) electrons. The molecule has 0 unspecified atom stereocenters. The molecule has 0 amide bonds. The first-order chi connectivity index (χ1) is 11.1. The van der Waals surface area contributed by atoms with Crippen LogP contribution in [0.3, 0.4) is 0 Å². The van der Waals surface area contributed by atoms with Gasteiger partial charge in [0.25, 0.3) is 0 Å². The second-order valence-electron chi connectivity index (χ2n) is 6.17. The van der Waals surface area contributed by atoms with Gasteiger partial charge in [0, 0.05) is 6.42 Å². The Hall–Kier alpha value is -1.39. The lowest BCUT2D eigenvalue weighted by atomic mass is 10.0. The third-order valence-corrected chi connectivity index (χ3v) is 4.07. The van der Waals surface area contributed by atoms with Gasteiger partial charge in [-0.2, -0.15) is 0 Å². The number of Topliss-reactive ketones (excluding diaryl/α,β-unsaturated/α-hetero) is 1. The number of carbonyl (C=O) groups is 2. The summed E-state index contributed by atoms with van der Waals surface area (Å²) < 4.78 is 0. The van der Waals surface area contributed by atoms with Gasteiger partial charge in [-0.1, -0.05) is 89.1 Å². The molecule has 2 N–H and O–H groups in total. The number of unbranched alkanes of at least 4 members (excludes halogenated alkanes) is 12. The lowest BCUT2D eigenvalue weighted by molar-refractivity contribution is -0.130. The van der Waals surface area contributed by atoms with Gasteiger partial charge in [-0.25, -0.2) is 4.79 Å². The molecule has 5 heteroatoms. The predicted octanol–water partition coefficient (Wildman–Crippen LogP) is 4.95. The van der Waals surface area contributed by atoms with Crippen LogP contribution in [0, 0.1) is 0 Å². The zero-order valence-electron chi connectivity index (χ0n) is 14.6. The van der Waals surface area contributed by atoms with Gasteiger partial charge in [0.2, 0.25) is 5.71 Å². The molecule has 0 aromatic heterocycles. The molecule has 0 saturated heterocycles. The molecule has 0 rings (SSSR count). The first-order valence-corrected chi connectivity index (χ1v) is 9.12. The number of oxime groups is 1. The fraction of sp³-hybridized carbons (Fsp3) is 0.833. The number of carboxylic acid groups (broad SMARTS) is 1. The first-order valence-electron chi connectivity index (χ1n) is 9.12. The van der Waals surface area contributed by atoms with E-state index in [1.165, 1.54) is 64.2 Å². The first kappa shape index (κ1) is 21.6. The van der Waals surface area contributed by atoms with Crippen molar-refractivity contribution in [2.45, 2.75) is 96.8 Å². The number of hydrogen-bond donors (Lipinski definition) is 2. The van der Waals surface area contributed by atoms with Gasteiger partial charge in [-0.05, 0) is 6.42 Å². The van der Waals surface area contributed by atoms with Crippen LogP contribution in [0.15, 0.2) is 5.16 Å². The molecular formula is C18H33NO4. The summed E-state index contributed by atoms with van der Waals surface area (Å²) in [5.41, 5.74) is -0.760. The molecule has 0 aliphatic rings. The Morgan fingerprint density at radius 2 is 1.13 bits per heavy atom. The number of hydrogen-bond acceptors (Lipinski definition) is 4. The van der Waals surface area contributed by atoms with Crippen LogP contribution in [0.2, 0.25) is 0 Å². The van der Waals surface area contributed by atoms with Crippen LogP contribution >= 0.6 is 0 Å². The molecule has 0 bridgehead atoms. The summed E-state index contributed by atoms with van der Waals surface area (Å²) in [4.78, 5) is 22.0. The molecule has 134 valence electrons. The van der Waals surface area contributed by atoms with Gasteiger partial charge in [0.1, 0.15) is 0 Å². The largest absolute Gasteiger partial charge is 0.476 e. The van der Waals surface area contributed by atoms with E-state index in [2.05, 4.69) is 12.1 Å². The van der Waals surface area contributed by atoms with Gasteiger partial charge in [-0.15, -0.1) is 0 Å². The van der Waals surface area contributed by atoms with Crippen molar-refractivity contribution in [1.82, 2.24) is 0 Å². The molecule has 0 aliphatic heterocycles. The molecule has 0 aromatic carbocycles. The van der Waals surface area contributed by atoms with E-state index in [0.29, 0.717) is 6.42 Å². The zero-order valence-corrected chi connectivity index (χ0v) is 14.6. The van der Waals surface area contributed by atoms with Crippen molar-refractivity contribution in [2.24, 2.45) is 5.16 Å². The van der Waals surface area contributed by atoms with E-state index in [-0.39, 0.29) is 6.42 Å². The highest BCUT2D eigenvalue weighted by Crippen LogP contribution is 2.13. The van der Waals surface area contributed by atoms with Gasteiger partial charge in [-0.3, -0.25) is 4.79 Å². The van der Waals surface area contributed by atoms with Crippen LogP contribution in [-0.2, 0) is 9.59 Å². The lowest BCUT2D eigenvalue weighted by Gasteiger charge is -2.03. The van der Waals surface area contributed by atoms with Crippen molar-refractivity contribution in [3.63, 3.8) is 0 Å². The van der Waals surface area contributed by atoms with Gasteiger partial charge >= 0.3 is 5.97 Å². The molecule has 0 saturated carbocycles. The Balaban J connectivity index is 3.34. The second kappa shape index (κ2) is 15.5. The minimum absolute atomic E-state index is 0.142. The number of aliphatic carboxylic acids is 1. The second-order valence-corrected chi connectivity index (χ2v) is 6.17. The van der Waals surface area contributed by atoms with Crippen LogP contribution in [0.5, 0.6) is 0 Å². The maximum Gasteiger partial charge on any atom is 0.361 e. The number of carbonyl (C=O) groups excluding carboxylic acids is 1. The van der Waals surface area contributed by atoms with Crippen molar-refractivity contribution in [3.05, 3.63) is 0 Å². The Bertz CT molecular complexity index is 353. The van der Waals surface area contributed by atoms with E-state index in [9.17, 15) is 9.59 Å². The quantitative estimate of drug-likeness (QED) is 0.138. The van der Waals surface area contributed by atoms with E-state index in [1.807, 2.05) is 0 Å². The molecular weight excluding hydrogens is 294 g/mol. The third kappa shape index (κ3) is 12.8. The number of rotatable bonds is 16. The average molecular weight is 327 g/mol. The van der Waals surface area contributed by atoms with Crippen LogP contribution in [0.1, 0.15) is 96.8 Å². The minimum Gasteiger partial charge on any atom is -0.476 e. The third-order valence-electron chi connectivity index (χ3n) is 4.07. The van der Waals surface area contributed by atoms with Crippen molar-refractivity contribution >= 4 is 17.5 Å². The fourth-order valence-electron chi connectivity index (χ4n) is 2.64. The Morgan fingerprint density at radius 3 is 1.48 bits per heavy atom. The Labute approximate surface area is 140 Å². The molecule has 5 nitrogen and oxygen atoms in total. The summed E-state index contributed by atoms with van der Waals surface area (Å²) in [6, 6.07) is 0. The van der Waals surface area contributed by atoms with Gasteiger partial charge in [0.05, 0.1) is 0 Å². The van der Waals surface area contributed by atoms with Gasteiger partial charge in [0.15, 0.2) is 5.78 Å². The summed E-state index contributed by atoms with van der Waals surface area (Å²) in [6.45, 7) is 2.24. The standard InChI is InChI=1S/C18H33NO4/c1-2-3-4-5-6-7-8-9-10-11-12-13-14-15-16(20)17(19-23)18(21)22/h23H,2-15H2,1H3,(H,21,22)/b19-17+. The molecule has 0 heterocycles. The van der Waals surface area contributed by atoms with Gasteiger partial charge < -0.3 is 10.3 Å². The molecule has 0 aromatic rings. The maximum atomic E-state index is 11.4. The molecule has 0 spiro atoms. The molecule has 0 aliphatic carbocycles. The maximum absolute atomic E-state index is 11.4. The zero-order chi connectivity index (χ0) is 17.3. The highest BCUT2D eigenvalue weighted by atomic mass is 16.4. The SMILES string of the molecule is CCCCCCCCCCCCCCCC(=O)/C(=N\O)C(=O)O. The molecule has 0 fully saturated rings. The average Bonchev–Trinajstić information content (AvgIpc) is 2.52. The van der Waals surface area contributed by atoms with Crippen molar-refractivity contribution in [2.75, 3.05) is 0 Å². The summed E-state index contributed by atoms with van der Waals surface area (Å²) in [5, 5.41) is 19.6. The monoisotopic (exact) mass is 327 g/mol. The lowest BCUT2D eigenvalue weighted by Crippen LogP contribution is -2.23. The molecule has 23 heavy (non-hydrogen) atoms. The fourth-order valence-corrected chi connectivity index (χ4v) is 2.64. The van der Waals surface area contributed by atoms with E-state index < -0.39 is 17.5 Å². The van der Waals surface area contributed by atoms with Crippen molar-refractivity contribution < 1.29 is 19.9 Å². The molecule has 0 atom stereocenters. The van der Waals surface area contributed by atoms with Crippen LogP contribution in [-0.4, -0.2) is 27.8 Å². The number of ketones is 1. The van der Waals surface area contributed by atoms with E-state index in [4.69, 9.17) is 10.3 Å². The normalized spacial score (nSPS) is 11.6. The number of carboxylic acids is 1. The minimum atomic E-state index is -1.47. The summed E-state index contributed by atoms with van der Waals surface area (Å²) in [5.74, 6) is -2.06. The van der Waals surface area contributed by atoms with Crippen LogP contribution in [0.25, 0.3) is 0 Å². The topological polar surface area (TPSA) is 87.0 Å². The van der Waals surface area contributed by atoms with E-state index >= 15 is 0 Å². The van der Waals surface area contributed by atoms with Crippen molar-refractivity contribution in [3.8, 4) is 0 Å². The predicted molar refractivity (Wildman–Crippen MR) is 92.2 cm³/mol. The van der Waals surface area contributed by atoms with E-state index in [0.717, 1.165) is 12.8 Å².